The highest BCUT2D eigenvalue weighted by Gasteiger charge is 2.45. The number of fused-ring (bicyclic) bond motifs is 7. The van der Waals surface area contributed by atoms with Crippen molar-refractivity contribution in [1.29, 1.82) is 0 Å². The second kappa shape index (κ2) is 6.53. The monoisotopic (exact) mass is 337 g/mol. The van der Waals surface area contributed by atoms with Gasteiger partial charge in [-0.1, -0.05) is 48.5 Å². The number of hydrogen-bond acceptors (Lipinski definition) is 3. The number of hydrogen-bond donors (Lipinski definition) is 3. The Bertz CT molecular complexity index is 829. The van der Waals surface area contributed by atoms with Crippen LogP contribution < -0.4 is 5.32 Å². The first-order chi connectivity index (χ1) is 11.9. The molecule has 3 N–H and O–H groups in total. The molecule has 2 bridgehead atoms. The van der Waals surface area contributed by atoms with Crippen LogP contribution in [0.1, 0.15) is 35.2 Å². The highest BCUT2D eigenvalue weighted by molar-refractivity contribution is 5.89. The smallest absolute Gasteiger partial charge is 0.328 e. The summed E-state index contributed by atoms with van der Waals surface area (Å²) in [5.41, 5.74) is 5.88. The molecule has 2 unspecified atom stereocenters. The van der Waals surface area contributed by atoms with Crippen LogP contribution >= 0.6 is 0 Å². The van der Waals surface area contributed by atoms with Crippen LogP contribution in [0.2, 0.25) is 0 Å². The molecule has 128 valence electrons. The van der Waals surface area contributed by atoms with Gasteiger partial charge in [-0.3, -0.25) is 5.32 Å². The van der Waals surface area contributed by atoms with Gasteiger partial charge in [0.1, 0.15) is 0 Å². The van der Waals surface area contributed by atoms with Gasteiger partial charge in [-0.2, -0.15) is 0 Å². The van der Waals surface area contributed by atoms with E-state index in [1.165, 1.54) is 22.3 Å². The average molecular weight is 337 g/mol. The molecule has 2 aromatic carbocycles. The molecule has 25 heavy (non-hydrogen) atoms. The van der Waals surface area contributed by atoms with Crippen LogP contribution in [0.5, 0.6) is 0 Å². The Morgan fingerprint density at radius 1 is 1.00 bits per heavy atom. The summed E-state index contributed by atoms with van der Waals surface area (Å²) in [5.74, 6) is -2.51. The SMILES string of the molecule is CC12NC(Cc3ccccc31)c1ccccc12.O=C(O)/C=C/C(=O)O. The predicted octanol–water partition coefficient (Wildman–Crippen LogP) is 2.86. The molecule has 0 spiro atoms. The number of carboxylic acids is 2. The molecule has 5 heteroatoms. The van der Waals surface area contributed by atoms with E-state index in [0.717, 1.165) is 6.42 Å². The second-order valence-electron chi connectivity index (χ2n) is 6.28. The molecular formula is C20H19NO4. The van der Waals surface area contributed by atoms with E-state index in [1.54, 1.807) is 0 Å². The summed E-state index contributed by atoms with van der Waals surface area (Å²) in [6.07, 6.45) is 2.23. The minimum atomic E-state index is -1.26. The molecule has 0 radical (unpaired) electrons. The zero-order valence-electron chi connectivity index (χ0n) is 13.8. The number of carboxylic acid groups (broad SMARTS) is 2. The summed E-state index contributed by atoms with van der Waals surface area (Å²) < 4.78 is 0. The van der Waals surface area contributed by atoms with Crippen molar-refractivity contribution in [3.63, 3.8) is 0 Å². The molecule has 0 saturated heterocycles. The van der Waals surface area contributed by atoms with E-state index in [-0.39, 0.29) is 5.54 Å². The van der Waals surface area contributed by atoms with Crippen molar-refractivity contribution < 1.29 is 19.8 Å². The highest BCUT2D eigenvalue weighted by atomic mass is 16.4. The maximum absolute atomic E-state index is 9.55. The Morgan fingerprint density at radius 3 is 2.20 bits per heavy atom. The van der Waals surface area contributed by atoms with Crippen LogP contribution in [-0.4, -0.2) is 22.2 Å². The molecule has 5 nitrogen and oxygen atoms in total. The van der Waals surface area contributed by atoms with Crippen molar-refractivity contribution in [3.05, 3.63) is 82.9 Å². The first-order valence-corrected chi connectivity index (χ1v) is 8.01. The molecule has 4 rings (SSSR count). The number of rotatable bonds is 2. The second-order valence-corrected chi connectivity index (χ2v) is 6.28. The number of aliphatic carboxylic acids is 2. The van der Waals surface area contributed by atoms with Gasteiger partial charge in [-0.25, -0.2) is 9.59 Å². The summed E-state index contributed by atoms with van der Waals surface area (Å²) >= 11 is 0. The van der Waals surface area contributed by atoms with E-state index in [0.29, 0.717) is 18.2 Å². The lowest BCUT2D eigenvalue weighted by Gasteiger charge is -2.34. The molecule has 0 aliphatic carbocycles. The summed E-state index contributed by atoms with van der Waals surface area (Å²) in [6.45, 7) is 2.31. The van der Waals surface area contributed by atoms with Gasteiger partial charge in [-0.15, -0.1) is 0 Å². The van der Waals surface area contributed by atoms with E-state index in [9.17, 15) is 9.59 Å². The molecular weight excluding hydrogens is 318 g/mol. The van der Waals surface area contributed by atoms with Crippen molar-refractivity contribution >= 4 is 11.9 Å². The Hall–Kier alpha value is -2.92. The van der Waals surface area contributed by atoms with Crippen molar-refractivity contribution in [1.82, 2.24) is 5.32 Å². The standard InChI is InChI=1S/C16H15N.C4H4O4/c1-16-13-8-4-2-6-11(13)10-15(17-16)12-7-3-5-9-14(12)16;5-3(6)1-2-4(7)8/h2-9,15,17H,10H2,1H3;1-2H,(H,5,6)(H,7,8)/b;2-1+. The fraction of sp³-hybridized carbons (Fsp3) is 0.200. The Balaban J connectivity index is 0.000000197. The van der Waals surface area contributed by atoms with Crippen molar-refractivity contribution in [2.45, 2.75) is 24.9 Å². The maximum Gasteiger partial charge on any atom is 0.328 e. The molecule has 0 fully saturated rings. The average Bonchev–Trinajstić information content (AvgIpc) is 2.83. The minimum absolute atomic E-state index is 0.0100. The third kappa shape index (κ3) is 3.19. The van der Waals surface area contributed by atoms with Gasteiger partial charge in [0.05, 0.1) is 5.54 Å². The van der Waals surface area contributed by atoms with Gasteiger partial charge >= 0.3 is 11.9 Å². The molecule has 2 heterocycles. The van der Waals surface area contributed by atoms with Crippen LogP contribution in [0.15, 0.2) is 60.7 Å². The van der Waals surface area contributed by atoms with E-state index in [2.05, 4.69) is 60.8 Å². The molecule has 2 aliphatic rings. The summed E-state index contributed by atoms with van der Waals surface area (Å²) in [6, 6.07) is 18.2. The quantitative estimate of drug-likeness (QED) is 0.734. The van der Waals surface area contributed by atoms with Crippen molar-refractivity contribution in [3.8, 4) is 0 Å². The molecule has 0 amide bonds. The van der Waals surface area contributed by atoms with E-state index in [1.807, 2.05) is 0 Å². The van der Waals surface area contributed by atoms with Gasteiger partial charge in [0.15, 0.2) is 0 Å². The maximum atomic E-state index is 9.55. The van der Waals surface area contributed by atoms with Crippen LogP contribution in [0.3, 0.4) is 0 Å². The summed E-state index contributed by atoms with van der Waals surface area (Å²) in [7, 11) is 0. The van der Waals surface area contributed by atoms with E-state index >= 15 is 0 Å². The lowest BCUT2D eigenvalue weighted by atomic mass is 9.82. The minimum Gasteiger partial charge on any atom is -0.478 e. The largest absolute Gasteiger partial charge is 0.478 e. The first-order valence-electron chi connectivity index (χ1n) is 8.01. The summed E-state index contributed by atoms with van der Waals surface area (Å²) in [5, 5.41) is 19.4. The van der Waals surface area contributed by atoms with Crippen LogP contribution in [0, 0.1) is 0 Å². The third-order valence-electron chi connectivity index (χ3n) is 4.69. The van der Waals surface area contributed by atoms with Crippen LogP contribution in [0.4, 0.5) is 0 Å². The molecule has 0 saturated carbocycles. The van der Waals surface area contributed by atoms with Crippen molar-refractivity contribution in [2.75, 3.05) is 0 Å². The Labute approximate surface area is 145 Å². The normalized spacial score (nSPS) is 22.5. The van der Waals surface area contributed by atoms with Gasteiger partial charge < -0.3 is 10.2 Å². The highest BCUT2D eigenvalue weighted by Crippen LogP contribution is 2.47. The lowest BCUT2D eigenvalue weighted by molar-refractivity contribution is -0.134. The fourth-order valence-corrected chi connectivity index (χ4v) is 3.69. The molecule has 0 aromatic heterocycles. The number of benzene rings is 2. The number of nitrogens with one attached hydrogen (secondary N) is 1. The number of carbonyl (C=O) groups is 2. The van der Waals surface area contributed by atoms with Gasteiger partial charge in [0, 0.05) is 18.2 Å². The molecule has 2 aromatic rings. The van der Waals surface area contributed by atoms with E-state index < -0.39 is 11.9 Å². The zero-order valence-corrected chi connectivity index (χ0v) is 13.8. The fourth-order valence-electron chi connectivity index (χ4n) is 3.69. The summed E-state index contributed by atoms with van der Waals surface area (Å²) in [4.78, 5) is 19.1. The lowest BCUT2D eigenvalue weighted by Crippen LogP contribution is -2.41. The van der Waals surface area contributed by atoms with Gasteiger partial charge in [0.2, 0.25) is 0 Å². The Kier molecular flexibility index (Phi) is 4.42. The van der Waals surface area contributed by atoms with E-state index in [4.69, 9.17) is 10.2 Å². The Morgan fingerprint density at radius 2 is 1.56 bits per heavy atom. The van der Waals surface area contributed by atoms with Gasteiger partial charge in [0.25, 0.3) is 0 Å². The third-order valence-corrected chi connectivity index (χ3v) is 4.69. The van der Waals surface area contributed by atoms with Crippen LogP contribution in [-0.2, 0) is 21.5 Å². The molecule has 2 aliphatic heterocycles. The predicted molar refractivity (Wildman–Crippen MR) is 93.3 cm³/mol. The van der Waals surface area contributed by atoms with Gasteiger partial charge in [-0.05, 0) is 35.6 Å². The zero-order chi connectivity index (χ0) is 18.0. The van der Waals surface area contributed by atoms with Crippen molar-refractivity contribution in [2.24, 2.45) is 0 Å². The van der Waals surface area contributed by atoms with Crippen LogP contribution in [0.25, 0.3) is 0 Å². The first kappa shape index (κ1) is 16.9. The topological polar surface area (TPSA) is 86.6 Å². The molecule has 2 atom stereocenters.